The third-order valence-corrected chi connectivity index (χ3v) is 20.6. The van der Waals surface area contributed by atoms with Crippen molar-refractivity contribution in [3.8, 4) is 44.5 Å². The monoisotopic (exact) mass is 1180 g/mol. The smallest absolute Gasteiger partial charge is 0.137 e. The summed E-state index contributed by atoms with van der Waals surface area (Å²) in [6.07, 6.45) is 0. The van der Waals surface area contributed by atoms with Crippen LogP contribution in [0.15, 0.2) is 300 Å². The molecule has 4 nitrogen and oxygen atoms in total. The highest BCUT2D eigenvalue weighted by Gasteiger charge is 2.38. The summed E-state index contributed by atoms with van der Waals surface area (Å²) >= 11 is 0. The Labute approximate surface area is 533 Å². The van der Waals surface area contributed by atoms with Crippen LogP contribution in [0.4, 0.5) is 34.1 Å². The zero-order valence-electron chi connectivity index (χ0n) is 51.4. The highest BCUT2D eigenvalue weighted by molar-refractivity contribution is 6.24. The summed E-state index contributed by atoms with van der Waals surface area (Å²) in [5.74, 6) is 0. The van der Waals surface area contributed by atoms with Crippen molar-refractivity contribution in [3.05, 3.63) is 313 Å². The summed E-state index contributed by atoms with van der Waals surface area (Å²) in [7, 11) is 0. The van der Waals surface area contributed by atoms with Crippen LogP contribution < -0.4 is 9.80 Å². The largest absolute Gasteiger partial charge is 0.456 e. The average Bonchev–Trinajstić information content (AvgIpc) is 1.20. The number of para-hydroxylation sites is 2. The first-order valence-electron chi connectivity index (χ1n) is 32.0. The number of furan rings is 2. The van der Waals surface area contributed by atoms with Gasteiger partial charge in [-0.1, -0.05) is 222 Å². The van der Waals surface area contributed by atoms with E-state index in [9.17, 15) is 0 Å². The summed E-state index contributed by atoms with van der Waals surface area (Å²) in [4.78, 5) is 4.93. The van der Waals surface area contributed by atoms with Crippen LogP contribution in [-0.2, 0) is 10.8 Å². The van der Waals surface area contributed by atoms with E-state index in [1.807, 2.05) is 0 Å². The van der Waals surface area contributed by atoms with E-state index in [2.05, 4.69) is 329 Å². The van der Waals surface area contributed by atoms with Gasteiger partial charge < -0.3 is 18.6 Å². The number of anilines is 6. The highest BCUT2D eigenvalue weighted by atomic mass is 16.3. The van der Waals surface area contributed by atoms with Crippen LogP contribution in [0.25, 0.3) is 131 Å². The van der Waals surface area contributed by atoms with Gasteiger partial charge in [-0.15, -0.1) is 0 Å². The standard InChI is InChI=1S/C88H60N2O2/c1-87(2)73-27-13-9-23-63(73)65-43-37-57(49-75(65)87)83-67-45-41-62(90(60-40-36-54-20-6-8-22-56(54)48-60)78-30-18-34-82-86(78)70-26-12-16-32-80(70)92-82)52-72(67)84(58-38-44-66-64-24-10-14-28-74(64)88(3,4)76(66)50-58)68-46-42-61(51-71(68)83)89(59-39-35-53-19-5-7-21-55(53)47-59)77-29-17-33-81-85(77)69-25-11-15-31-79(69)91-81/h5-52H,1-4H3. The van der Waals surface area contributed by atoms with E-state index in [1.54, 1.807) is 0 Å². The first-order valence-corrected chi connectivity index (χ1v) is 32.0. The van der Waals surface area contributed by atoms with E-state index in [1.165, 1.54) is 88.3 Å². The second-order valence-corrected chi connectivity index (χ2v) is 26.3. The maximum atomic E-state index is 6.69. The van der Waals surface area contributed by atoms with E-state index < -0.39 is 0 Å². The minimum absolute atomic E-state index is 0.238. The highest BCUT2D eigenvalue weighted by Crippen LogP contribution is 2.56. The second-order valence-electron chi connectivity index (χ2n) is 26.3. The van der Waals surface area contributed by atoms with Gasteiger partial charge in [0.25, 0.3) is 0 Å². The third-order valence-electron chi connectivity index (χ3n) is 20.6. The molecule has 15 aromatic carbocycles. The van der Waals surface area contributed by atoms with Gasteiger partial charge in [0.1, 0.15) is 22.3 Å². The number of fused-ring (bicyclic) bond motifs is 16. The molecule has 0 saturated carbocycles. The summed E-state index contributed by atoms with van der Waals surface area (Å²) < 4.78 is 13.4. The maximum absolute atomic E-state index is 6.69. The van der Waals surface area contributed by atoms with Crippen LogP contribution in [0.5, 0.6) is 0 Å². The predicted octanol–water partition coefficient (Wildman–Crippen LogP) is 25.0. The fourth-order valence-electron chi connectivity index (χ4n) is 16.2. The van der Waals surface area contributed by atoms with Crippen molar-refractivity contribution in [1.29, 1.82) is 0 Å². The summed E-state index contributed by atoms with van der Waals surface area (Å²) in [5, 5.41) is 13.7. The molecule has 2 aliphatic carbocycles. The summed E-state index contributed by atoms with van der Waals surface area (Å²) in [6.45, 7) is 9.58. The van der Waals surface area contributed by atoms with E-state index in [0.717, 1.165) is 99.5 Å². The first kappa shape index (κ1) is 52.5. The molecule has 92 heavy (non-hydrogen) atoms. The zero-order valence-corrected chi connectivity index (χ0v) is 51.4. The van der Waals surface area contributed by atoms with E-state index in [-0.39, 0.29) is 10.8 Å². The molecule has 2 aliphatic rings. The van der Waals surface area contributed by atoms with Crippen molar-refractivity contribution in [2.24, 2.45) is 0 Å². The van der Waals surface area contributed by atoms with Crippen LogP contribution in [-0.4, -0.2) is 0 Å². The normalized spacial score (nSPS) is 13.6. The lowest BCUT2D eigenvalue weighted by Gasteiger charge is -2.29. The van der Waals surface area contributed by atoms with Crippen molar-refractivity contribution in [2.45, 2.75) is 38.5 Å². The van der Waals surface area contributed by atoms with Crippen LogP contribution in [0.2, 0.25) is 0 Å². The summed E-state index contributed by atoms with van der Waals surface area (Å²) in [5.41, 5.74) is 24.5. The van der Waals surface area contributed by atoms with Crippen LogP contribution >= 0.6 is 0 Å². The molecule has 0 atom stereocenters. The molecule has 19 rings (SSSR count). The van der Waals surface area contributed by atoms with Crippen LogP contribution in [0.1, 0.15) is 49.9 Å². The van der Waals surface area contributed by atoms with Crippen molar-refractivity contribution in [3.63, 3.8) is 0 Å². The minimum atomic E-state index is -0.238. The molecular formula is C88H60N2O2. The second kappa shape index (κ2) is 19.5. The van der Waals surface area contributed by atoms with Crippen molar-refractivity contribution in [2.75, 3.05) is 9.80 Å². The molecule has 2 aromatic heterocycles. The van der Waals surface area contributed by atoms with E-state index in [0.29, 0.717) is 0 Å². The van der Waals surface area contributed by atoms with Gasteiger partial charge in [-0.25, -0.2) is 0 Å². The Morgan fingerprint density at radius 2 is 0.620 bits per heavy atom. The fourth-order valence-corrected chi connectivity index (χ4v) is 16.2. The third kappa shape index (κ3) is 7.64. The number of hydrogen-bond donors (Lipinski definition) is 0. The topological polar surface area (TPSA) is 32.8 Å². The molecule has 0 aliphatic heterocycles. The van der Waals surface area contributed by atoms with Gasteiger partial charge in [-0.3, -0.25) is 0 Å². The Hall–Kier alpha value is -11.5. The molecule has 434 valence electrons. The average molecular weight is 1180 g/mol. The predicted molar refractivity (Wildman–Crippen MR) is 386 cm³/mol. The Morgan fingerprint density at radius 3 is 1.09 bits per heavy atom. The Bertz CT molecular complexity index is 5630. The molecule has 17 aromatic rings. The molecule has 0 amide bonds. The van der Waals surface area contributed by atoms with Crippen molar-refractivity contribution >= 4 is 121 Å². The van der Waals surface area contributed by atoms with Gasteiger partial charge >= 0.3 is 0 Å². The van der Waals surface area contributed by atoms with Crippen LogP contribution in [0.3, 0.4) is 0 Å². The van der Waals surface area contributed by atoms with Gasteiger partial charge in [0.2, 0.25) is 0 Å². The van der Waals surface area contributed by atoms with Gasteiger partial charge in [-0.2, -0.15) is 0 Å². The lowest BCUT2D eigenvalue weighted by atomic mass is 9.79. The summed E-state index contributed by atoms with van der Waals surface area (Å²) in [6, 6.07) is 108. The van der Waals surface area contributed by atoms with Crippen molar-refractivity contribution in [1.82, 2.24) is 0 Å². The lowest BCUT2D eigenvalue weighted by Crippen LogP contribution is -2.15. The lowest BCUT2D eigenvalue weighted by molar-refractivity contribution is 0.660. The van der Waals surface area contributed by atoms with Gasteiger partial charge in [0.15, 0.2) is 0 Å². The molecule has 4 heteroatoms. The van der Waals surface area contributed by atoms with Gasteiger partial charge in [0.05, 0.1) is 22.1 Å². The number of rotatable bonds is 8. The number of hydrogen-bond acceptors (Lipinski definition) is 4. The van der Waals surface area contributed by atoms with E-state index in [4.69, 9.17) is 8.83 Å². The number of benzene rings is 15. The molecule has 2 heterocycles. The Morgan fingerprint density at radius 1 is 0.250 bits per heavy atom. The molecule has 0 spiro atoms. The molecular weight excluding hydrogens is 1120 g/mol. The first-order chi connectivity index (χ1) is 45.1. The zero-order chi connectivity index (χ0) is 61.1. The number of nitrogens with zero attached hydrogens (tertiary/aromatic N) is 2. The molecule has 0 unspecified atom stereocenters. The quantitative estimate of drug-likeness (QED) is 0.142. The SMILES string of the molecule is CC1(C)c2ccccc2-c2ccc(-c3c4ccc(N(c5ccc6ccccc6c5)c5cccc6oc7ccccc7c56)cc4c(-c4ccc5c(c4)C(C)(C)c4ccccc4-5)c4ccc(N(c5ccc6ccccc6c5)c5cccc6oc7ccccc7c56)cc34)cc21. The fraction of sp³-hybridized carbons (Fsp3) is 0.0682. The maximum Gasteiger partial charge on any atom is 0.137 e. The van der Waals surface area contributed by atoms with Crippen molar-refractivity contribution < 1.29 is 8.83 Å². The molecule has 0 bridgehead atoms. The minimum Gasteiger partial charge on any atom is -0.456 e. The Balaban J connectivity index is 0.946. The van der Waals surface area contributed by atoms with Gasteiger partial charge in [0, 0.05) is 44.4 Å². The molecule has 0 N–H and O–H groups in total. The van der Waals surface area contributed by atoms with Gasteiger partial charge in [-0.05, 0) is 207 Å². The van der Waals surface area contributed by atoms with E-state index >= 15 is 0 Å². The Kier molecular flexibility index (Phi) is 11.1. The molecule has 0 radical (unpaired) electrons. The van der Waals surface area contributed by atoms with Crippen LogP contribution in [0, 0.1) is 0 Å². The molecule has 0 saturated heterocycles. The molecule has 0 fully saturated rings.